The van der Waals surface area contributed by atoms with E-state index in [1.54, 1.807) is 7.05 Å². The van der Waals surface area contributed by atoms with Gasteiger partial charge >= 0.3 is 15.5 Å². The third-order valence-corrected chi connectivity index (χ3v) is 7.37. The number of alkyl halides is 3. The number of likely N-dealkylation sites (tertiary alicyclic amines) is 1. The highest BCUT2D eigenvalue weighted by Gasteiger charge is 2.50. The Hall–Kier alpha value is -1.07. The van der Waals surface area contributed by atoms with Crippen molar-refractivity contribution < 1.29 is 21.6 Å². The summed E-state index contributed by atoms with van der Waals surface area (Å²) in [5.74, 6) is 0.812. The highest BCUT2D eigenvalue weighted by atomic mass is 32.2. The van der Waals surface area contributed by atoms with Crippen LogP contribution in [0.2, 0.25) is 0 Å². The number of nitrogens with one attached hydrogen (secondary N) is 2. The van der Waals surface area contributed by atoms with Crippen LogP contribution in [-0.2, 0) is 10.0 Å². The lowest BCUT2D eigenvalue weighted by atomic mass is 9.98. The Kier molecular flexibility index (Phi) is 9.02. The summed E-state index contributed by atoms with van der Waals surface area (Å²) in [5, 5.41) is 6.68. The highest BCUT2D eigenvalue weighted by molar-refractivity contribution is 7.90. The summed E-state index contributed by atoms with van der Waals surface area (Å²) >= 11 is 0. The zero-order valence-electron chi connectivity index (χ0n) is 17.3. The number of unbranched alkanes of at least 4 members (excludes halogenated alkanes) is 1. The fourth-order valence-electron chi connectivity index (χ4n) is 3.81. The van der Waals surface area contributed by atoms with Gasteiger partial charge in [0.2, 0.25) is 0 Å². The number of rotatable bonds is 7. The van der Waals surface area contributed by atoms with Crippen LogP contribution in [-0.4, -0.2) is 81.4 Å². The first-order chi connectivity index (χ1) is 13.7. The molecule has 2 heterocycles. The van der Waals surface area contributed by atoms with Gasteiger partial charge in [-0.1, -0.05) is 13.3 Å². The molecule has 0 radical (unpaired) electrons. The second-order valence-electron chi connectivity index (χ2n) is 7.86. The molecule has 2 aliphatic heterocycles. The minimum Gasteiger partial charge on any atom is -0.356 e. The van der Waals surface area contributed by atoms with E-state index >= 15 is 0 Å². The van der Waals surface area contributed by atoms with E-state index in [1.807, 2.05) is 0 Å². The number of nitrogens with zero attached hydrogens (tertiary/aromatic N) is 3. The summed E-state index contributed by atoms with van der Waals surface area (Å²) in [7, 11) is -3.52. The van der Waals surface area contributed by atoms with Crippen LogP contribution in [0.5, 0.6) is 0 Å². The largest absolute Gasteiger partial charge is 0.511 e. The standard InChI is InChI=1S/C18H34F3N5O2S/c1-3-4-9-25-10-7-16(8-11-25)24-17(22-2)23-14-15-5-12-26(13-6-15)29(27,28)18(19,20)21/h15-16H,3-14H2,1-2H3,(H2,22,23,24). The van der Waals surface area contributed by atoms with Gasteiger partial charge in [-0.05, 0) is 44.6 Å². The number of guanidine groups is 1. The van der Waals surface area contributed by atoms with Gasteiger partial charge < -0.3 is 15.5 Å². The summed E-state index contributed by atoms with van der Waals surface area (Å²) in [6.45, 7) is 5.85. The average molecular weight is 442 g/mol. The maximum absolute atomic E-state index is 12.7. The second-order valence-corrected chi connectivity index (χ2v) is 9.79. The van der Waals surface area contributed by atoms with Crippen LogP contribution < -0.4 is 10.6 Å². The van der Waals surface area contributed by atoms with Crippen molar-refractivity contribution in [3.63, 3.8) is 0 Å². The lowest BCUT2D eigenvalue weighted by Crippen LogP contribution is -2.50. The molecule has 0 unspecified atom stereocenters. The van der Waals surface area contributed by atoms with Crippen molar-refractivity contribution in [2.75, 3.05) is 46.3 Å². The fourth-order valence-corrected chi connectivity index (χ4v) is 4.80. The molecule has 11 heteroatoms. The molecule has 0 aromatic carbocycles. The Bertz CT molecular complexity index is 626. The van der Waals surface area contributed by atoms with Gasteiger partial charge in [0, 0.05) is 45.8 Å². The highest BCUT2D eigenvalue weighted by Crippen LogP contribution is 2.30. The summed E-state index contributed by atoms with van der Waals surface area (Å²) in [4.78, 5) is 6.73. The van der Waals surface area contributed by atoms with Crippen LogP contribution >= 0.6 is 0 Å². The molecule has 0 saturated carbocycles. The van der Waals surface area contributed by atoms with Crippen molar-refractivity contribution in [2.45, 2.75) is 57.0 Å². The predicted octanol–water partition coefficient (Wildman–Crippen LogP) is 1.98. The quantitative estimate of drug-likeness (QED) is 0.467. The van der Waals surface area contributed by atoms with E-state index in [9.17, 15) is 21.6 Å². The molecule has 29 heavy (non-hydrogen) atoms. The Morgan fingerprint density at radius 3 is 2.24 bits per heavy atom. The number of halogens is 3. The Labute approximate surface area is 172 Å². The molecular formula is C18H34F3N5O2S. The van der Waals surface area contributed by atoms with Crippen LogP contribution in [0.25, 0.3) is 0 Å². The zero-order chi connectivity index (χ0) is 21.5. The average Bonchev–Trinajstić information content (AvgIpc) is 2.70. The molecule has 2 aliphatic rings. The molecule has 0 aromatic heterocycles. The first kappa shape index (κ1) is 24.2. The monoisotopic (exact) mass is 441 g/mol. The summed E-state index contributed by atoms with van der Waals surface area (Å²) in [6, 6.07) is 0.359. The van der Waals surface area contributed by atoms with E-state index in [4.69, 9.17) is 0 Å². The van der Waals surface area contributed by atoms with Crippen LogP contribution in [0.3, 0.4) is 0 Å². The van der Waals surface area contributed by atoms with E-state index < -0.39 is 15.5 Å². The van der Waals surface area contributed by atoms with Gasteiger partial charge in [-0.25, -0.2) is 8.42 Å². The first-order valence-electron chi connectivity index (χ1n) is 10.4. The summed E-state index contributed by atoms with van der Waals surface area (Å²) < 4.78 is 61.5. The molecule has 170 valence electrons. The molecule has 0 atom stereocenters. The number of hydrogen-bond donors (Lipinski definition) is 2. The van der Waals surface area contributed by atoms with Gasteiger partial charge in [-0.2, -0.15) is 17.5 Å². The molecule has 0 bridgehead atoms. The van der Waals surface area contributed by atoms with Crippen LogP contribution in [0.1, 0.15) is 45.4 Å². The van der Waals surface area contributed by atoms with Gasteiger partial charge in [-0.3, -0.25) is 4.99 Å². The van der Waals surface area contributed by atoms with Crippen LogP contribution in [0.4, 0.5) is 13.2 Å². The van der Waals surface area contributed by atoms with E-state index in [-0.39, 0.29) is 19.0 Å². The first-order valence-corrected chi connectivity index (χ1v) is 11.9. The van der Waals surface area contributed by atoms with Crippen molar-refractivity contribution >= 4 is 16.0 Å². The lowest BCUT2D eigenvalue weighted by molar-refractivity contribution is -0.0496. The Morgan fingerprint density at radius 2 is 1.72 bits per heavy atom. The number of aliphatic imine (C=N–C) groups is 1. The van der Waals surface area contributed by atoms with Crippen LogP contribution in [0, 0.1) is 5.92 Å². The van der Waals surface area contributed by atoms with Crippen molar-refractivity contribution in [3.8, 4) is 0 Å². The third-order valence-electron chi connectivity index (χ3n) is 5.74. The van der Waals surface area contributed by atoms with Crippen molar-refractivity contribution in [1.29, 1.82) is 0 Å². The molecule has 0 amide bonds. The molecule has 0 aliphatic carbocycles. The minimum atomic E-state index is -5.23. The SMILES string of the molecule is CCCCN1CCC(NC(=NC)NCC2CCN(S(=O)(=O)C(F)(F)F)CC2)CC1. The smallest absolute Gasteiger partial charge is 0.356 e. The van der Waals surface area contributed by atoms with Crippen molar-refractivity contribution in [2.24, 2.45) is 10.9 Å². The molecular weight excluding hydrogens is 407 g/mol. The molecule has 2 rings (SSSR count). The fraction of sp³-hybridized carbons (Fsp3) is 0.944. The molecule has 2 fully saturated rings. The van der Waals surface area contributed by atoms with E-state index in [0.717, 1.165) is 32.5 Å². The predicted molar refractivity (Wildman–Crippen MR) is 108 cm³/mol. The lowest BCUT2D eigenvalue weighted by Gasteiger charge is -2.34. The number of piperidine rings is 2. The molecule has 0 aromatic rings. The minimum absolute atomic E-state index is 0.101. The van der Waals surface area contributed by atoms with Crippen molar-refractivity contribution in [3.05, 3.63) is 0 Å². The topological polar surface area (TPSA) is 77.0 Å². The van der Waals surface area contributed by atoms with Crippen LogP contribution in [0.15, 0.2) is 4.99 Å². The molecule has 2 N–H and O–H groups in total. The van der Waals surface area contributed by atoms with Gasteiger partial charge in [0.25, 0.3) is 0 Å². The Balaban J connectivity index is 1.70. The summed E-state index contributed by atoms with van der Waals surface area (Å²) in [6.07, 6.45) is 5.33. The number of hydrogen-bond acceptors (Lipinski definition) is 4. The number of sulfonamides is 1. The molecule has 2 saturated heterocycles. The van der Waals surface area contributed by atoms with Gasteiger partial charge in [-0.15, -0.1) is 0 Å². The van der Waals surface area contributed by atoms with Gasteiger partial charge in [0.1, 0.15) is 0 Å². The van der Waals surface area contributed by atoms with Gasteiger partial charge in [0.15, 0.2) is 5.96 Å². The Morgan fingerprint density at radius 1 is 1.10 bits per heavy atom. The second kappa shape index (κ2) is 10.8. The van der Waals surface area contributed by atoms with E-state index in [1.165, 1.54) is 12.8 Å². The van der Waals surface area contributed by atoms with Crippen molar-refractivity contribution in [1.82, 2.24) is 19.8 Å². The maximum Gasteiger partial charge on any atom is 0.511 e. The maximum atomic E-state index is 12.7. The third kappa shape index (κ3) is 6.99. The zero-order valence-corrected chi connectivity index (χ0v) is 18.2. The molecule has 7 nitrogen and oxygen atoms in total. The summed E-state index contributed by atoms with van der Waals surface area (Å²) in [5.41, 5.74) is -5.23. The van der Waals surface area contributed by atoms with E-state index in [2.05, 4.69) is 27.4 Å². The van der Waals surface area contributed by atoms with Gasteiger partial charge in [0.05, 0.1) is 0 Å². The normalized spacial score (nSPS) is 22.0. The van der Waals surface area contributed by atoms with E-state index in [0.29, 0.717) is 35.7 Å². The molecule has 0 spiro atoms.